The number of ketones is 1. The first kappa shape index (κ1) is 11.2. The first-order valence-corrected chi connectivity index (χ1v) is 3.68. The summed E-state index contributed by atoms with van der Waals surface area (Å²) >= 11 is 0. The highest BCUT2D eigenvalue weighted by molar-refractivity contribution is 5.96. The number of nitrogens with two attached hydrogens (primary N) is 1. The average molecular weight is 189 g/mol. The topological polar surface area (TPSA) is 48.0 Å². The Morgan fingerprint density at radius 3 is 2.83 bits per heavy atom. The number of nitrogens with zero attached hydrogens (tertiary/aromatic N) is 1. The Bertz CT molecular complexity index is 257. The van der Waals surface area contributed by atoms with Crippen LogP contribution in [0, 0.1) is 0 Å². The molecular weight excluding hydrogens is 176 g/mol. The van der Waals surface area contributed by atoms with E-state index in [4.69, 9.17) is 5.73 Å². The second-order valence-corrected chi connectivity index (χ2v) is 2.31. The predicted molar refractivity (Wildman–Crippen MR) is 50.7 cm³/mol. The van der Waals surface area contributed by atoms with E-state index in [1.165, 1.54) is 0 Å². The predicted octanol–water partition coefficient (Wildman–Crippen LogP) is 1.07. The third-order valence-electron chi connectivity index (χ3n) is 1.64. The average Bonchev–Trinajstić information content (AvgIpc) is 2.50. The van der Waals surface area contributed by atoms with E-state index >= 15 is 0 Å². The molecule has 4 heteroatoms. The zero-order valence-electron chi connectivity index (χ0n) is 6.99. The summed E-state index contributed by atoms with van der Waals surface area (Å²) in [5, 5.41) is 0. The number of carbonyl (C=O) groups excluding carboxylic acids is 1. The molecule has 12 heavy (non-hydrogen) atoms. The summed E-state index contributed by atoms with van der Waals surface area (Å²) in [5.41, 5.74) is 5.93. The Morgan fingerprint density at radius 2 is 2.33 bits per heavy atom. The van der Waals surface area contributed by atoms with Crippen LogP contribution < -0.4 is 5.73 Å². The Kier molecular flexibility index (Phi) is 4.62. The summed E-state index contributed by atoms with van der Waals surface area (Å²) in [6.07, 6.45) is 1.88. The first-order valence-electron chi connectivity index (χ1n) is 3.68. The fourth-order valence-corrected chi connectivity index (χ4v) is 1.05. The van der Waals surface area contributed by atoms with Gasteiger partial charge in [0.2, 0.25) is 0 Å². The molecule has 0 amide bonds. The zero-order valence-corrected chi connectivity index (χ0v) is 7.80. The number of aryl methyl sites for hydroxylation is 1. The van der Waals surface area contributed by atoms with Crippen LogP contribution in [0.1, 0.15) is 17.4 Å². The van der Waals surface area contributed by atoms with Gasteiger partial charge in [-0.3, -0.25) is 4.79 Å². The third-order valence-corrected chi connectivity index (χ3v) is 1.64. The second-order valence-electron chi connectivity index (χ2n) is 2.31. The molecule has 0 aliphatic carbocycles. The van der Waals surface area contributed by atoms with Crippen molar-refractivity contribution in [2.24, 2.45) is 5.73 Å². The van der Waals surface area contributed by atoms with Gasteiger partial charge in [0, 0.05) is 12.7 Å². The molecule has 0 spiro atoms. The molecule has 0 aromatic carbocycles. The SMILES string of the molecule is CCn1cccc1C(=O)CN.Cl. The van der Waals surface area contributed by atoms with Gasteiger partial charge >= 0.3 is 0 Å². The number of hydrogen-bond acceptors (Lipinski definition) is 2. The lowest BCUT2D eigenvalue weighted by molar-refractivity contribution is 0.0993. The van der Waals surface area contributed by atoms with Crippen LogP contribution >= 0.6 is 12.4 Å². The van der Waals surface area contributed by atoms with Crippen molar-refractivity contribution in [3.8, 4) is 0 Å². The van der Waals surface area contributed by atoms with Crippen molar-refractivity contribution in [1.82, 2.24) is 4.57 Å². The molecule has 0 unspecified atom stereocenters. The molecule has 0 saturated heterocycles. The molecule has 1 aromatic heterocycles. The largest absolute Gasteiger partial charge is 0.345 e. The summed E-state index contributed by atoms with van der Waals surface area (Å²) in [5.74, 6) is -0.00292. The summed E-state index contributed by atoms with van der Waals surface area (Å²) < 4.78 is 1.88. The molecule has 0 bridgehead atoms. The second kappa shape index (κ2) is 4.95. The van der Waals surface area contributed by atoms with Gasteiger partial charge in [-0.1, -0.05) is 0 Å². The van der Waals surface area contributed by atoms with E-state index < -0.39 is 0 Å². The lowest BCUT2D eigenvalue weighted by Crippen LogP contribution is -2.17. The molecular formula is C8H13ClN2O. The van der Waals surface area contributed by atoms with Crippen molar-refractivity contribution in [2.75, 3.05) is 6.54 Å². The monoisotopic (exact) mass is 188 g/mol. The smallest absolute Gasteiger partial charge is 0.192 e. The maximum absolute atomic E-state index is 11.1. The molecule has 1 heterocycles. The number of aromatic nitrogens is 1. The molecule has 1 rings (SSSR count). The van der Waals surface area contributed by atoms with Crippen molar-refractivity contribution in [3.63, 3.8) is 0 Å². The van der Waals surface area contributed by atoms with E-state index in [9.17, 15) is 4.79 Å². The van der Waals surface area contributed by atoms with E-state index in [-0.39, 0.29) is 24.7 Å². The van der Waals surface area contributed by atoms with E-state index in [2.05, 4.69) is 0 Å². The van der Waals surface area contributed by atoms with Crippen molar-refractivity contribution < 1.29 is 4.79 Å². The third kappa shape index (κ3) is 2.09. The van der Waals surface area contributed by atoms with Crippen molar-refractivity contribution >= 4 is 18.2 Å². The van der Waals surface area contributed by atoms with Crippen LogP contribution in [0.5, 0.6) is 0 Å². The molecule has 68 valence electrons. The van der Waals surface area contributed by atoms with Crippen LogP contribution in [0.4, 0.5) is 0 Å². The molecule has 0 fully saturated rings. The van der Waals surface area contributed by atoms with Crippen LogP contribution in [0.3, 0.4) is 0 Å². The molecule has 0 atom stereocenters. The van der Waals surface area contributed by atoms with Gasteiger partial charge in [0.05, 0.1) is 12.2 Å². The van der Waals surface area contributed by atoms with Gasteiger partial charge in [0.1, 0.15) is 0 Å². The number of rotatable bonds is 3. The lowest BCUT2D eigenvalue weighted by atomic mass is 10.3. The summed E-state index contributed by atoms with van der Waals surface area (Å²) in [6.45, 7) is 2.89. The Balaban J connectivity index is 0.00000121. The Labute approximate surface area is 78.0 Å². The van der Waals surface area contributed by atoms with Gasteiger partial charge in [-0.05, 0) is 19.1 Å². The summed E-state index contributed by atoms with van der Waals surface area (Å²) in [7, 11) is 0. The fourth-order valence-electron chi connectivity index (χ4n) is 1.05. The normalized spacial score (nSPS) is 9.17. The molecule has 0 radical (unpaired) electrons. The minimum absolute atomic E-state index is 0. The molecule has 3 nitrogen and oxygen atoms in total. The van der Waals surface area contributed by atoms with Crippen LogP contribution in [0.15, 0.2) is 18.3 Å². The Morgan fingerprint density at radius 1 is 1.67 bits per heavy atom. The van der Waals surface area contributed by atoms with Gasteiger partial charge in [0.15, 0.2) is 5.78 Å². The van der Waals surface area contributed by atoms with Gasteiger partial charge < -0.3 is 10.3 Å². The summed E-state index contributed by atoms with van der Waals surface area (Å²) in [4.78, 5) is 11.1. The standard InChI is InChI=1S/C8H12N2O.ClH/c1-2-10-5-3-4-7(10)8(11)6-9;/h3-5H,2,6,9H2,1H3;1H. The van der Waals surface area contributed by atoms with Crippen molar-refractivity contribution in [2.45, 2.75) is 13.5 Å². The van der Waals surface area contributed by atoms with E-state index in [1.807, 2.05) is 23.8 Å². The van der Waals surface area contributed by atoms with E-state index in [0.29, 0.717) is 5.69 Å². The maximum atomic E-state index is 11.1. The van der Waals surface area contributed by atoms with E-state index in [0.717, 1.165) is 6.54 Å². The van der Waals surface area contributed by atoms with Crippen LogP contribution in [0.25, 0.3) is 0 Å². The molecule has 2 N–H and O–H groups in total. The zero-order chi connectivity index (χ0) is 8.27. The maximum Gasteiger partial charge on any atom is 0.192 e. The minimum Gasteiger partial charge on any atom is -0.345 e. The summed E-state index contributed by atoms with van der Waals surface area (Å²) in [6, 6.07) is 3.64. The molecule has 0 aliphatic rings. The van der Waals surface area contributed by atoms with Crippen LogP contribution in [-0.4, -0.2) is 16.9 Å². The Hall–Kier alpha value is -0.800. The van der Waals surface area contributed by atoms with Crippen molar-refractivity contribution in [3.05, 3.63) is 24.0 Å². The minimum atomic E-state index is -0.00292. The highest BCUT2D eigenvalue weighted by atomic mass is 35.5. The number of hydrogen-bond donors (Lipinski definition) is 1. The molecule has 0 aliphatic heterocycles. The number of carbonyl (C=O) groups is 1. The number of Topliss-reactive ketones (excluding diaryl/α,β-unsaturated/α-hetero) is 1. The highest BCUT2D eigenvalue weighted by Crippen LogP contribution is 2.01. The van der Waals surface area contributed by atoms with Crippen LogP contribution in [-0.2, 0) is 6.54 Å². The van der Waals surface area contributed by atoms with Gasteiger partial charge in [-0.2, -0.15) is 0 Å². The van der Waals surface area contributed by atoms with Crippen LogP contribution in [0.2, 0.25) is 0 Å². The first-order chi connectivity index (χ1) is 5.29. The van der Waals surface area contributed by atoms with Gasteiger partial charge in [-0.25, -0.2) is 0 Å². The quantitative estimate of drug-likeness (QED) is 0.722. The highest BCUT2D eigenvalue weighted by Gasteiger charge is 2.06. The molecule has 0 saturated carbocycles. The van der Waals surface area contributed by atoms with Crippen molar-refractivity contribution in [1.29, 1.82) is 0 Å². The van der Waals surface area contributed by atoms with Gasteiger partial charge in [-0.15, -0.1) is 12.4 Å². The van der Waals surface area contributed by atoms with E-state index in [1.54, 1.807) is 6.07 Å². The lowest BCUT2D eigenvalue weighted by Gasteiger charge is -2.02. The molecule has 1 aromatic rings. The van der Waals surface area contributed by atoms with Gasteiger partial charge in [0.25, 0.3) is 0 Å². The fraction of sp³-hybridized carbons (Fsp3) is 0.375. The number of halogens is 1.